The molecule has 20 rings (SSSR count). The largest absolute Gasteiger partial charge is 0.395 e. The quantitative estimate of drug-likeness (QED) is 0.0963. The third-order valence-corrected chi connectivity index (χ3v) is 24.7. The highest BCUT2D eigenvalue weighted by Gasteiger charge is 2.26. The normalized spacial score (nSPS) is 15.7. The van der Waals surface area contributed by atoms with Crippen molar-refractivity contribution in [1.29, 1.82) is 0 Å². The van der Waals surface area contributed by atoms with Crippen LogP contribution in [0.5, 0.6) is 0 Å². The number of nitrogens with one attached hydrogen (secondary N) is 1. The van der Waals surface area contributed by atoms with Crippen molar-refractivity contribution in [1.82, 2.24) is 116 Å². The maximum absolute atomic E-state index is 13.0. The van der Waals surface area contributed by atoms with Gasteiger partial charge in [-0.15, -0.1) is 0 Å². The summed E-state index contributed by atoms with van der Waals surface area (Å²) in [5.41, 5.74) is 23.6. The van der Waals surface area contributed by atoms with E-state index in [2.05, 4.69) is 126 Å². The molecule has 0 aliphatic carbocycles. The minimum Gasteiger partial charge on any atom is -0.395 e. The van der Waals surface area contributed by atoms with Gasteiger partial charge in [0.25, 0.3) is 22.2 Å². The first kappa shape index (κ1) is 82.1. The monoisotopic (exact) mass is 1640 g/mol. The molecule has 4 fully saturated rings. The number of aliphatic hydroxyl groups is 1. The molecule has 0 spiro atoms. The van der Waals surface area contributed by atoms with E-state index in [1.807, 2.05) is 144 Å². The third-order valence-electron chi connectivity index (χ3n) is 24.7. The highest BCUT2D eigenvalue weighted by Crippen LogP contribution is 2.34. The number of hydrogen-bond donors (Lipinski definition) is 2. The Morgan fingerprint density at radius 2 is 0.607 bits per heavy atom. The van der Waals surface area contributed by atoms with Crippen LogP contribution in [0.3, 0.4) is 0 Å². The maximum Gasteiger partial charge on any atom is 0.258 e. The molecule has 0 atom stereocenters. The molecule has 4 aliphatic rings. The van der Waals surface area contributed by atoms with Crippen LogP contribution in [0.4, 0.5) is 0 Å². The Morgan fingerprint density at radius 1 is 0.336 bits per heavy atom. The van der Waals surface area contributed by atoms with Gasteiger partial charge in [0.15, 0.2) is 0 Å². The summed E-state index contributed by atoms with van der Waals surface area (Å²) in [7, 11) is 2.16. The Hall–Kier alpha value is -12.3. The predicted molar refractivity (Wildman–Crippen MR) is 474 cm³/mol. The molecule has 16 aromatic heterocycles. The minimum atomic E-state index is -0.105. The molecular weight excluding hydrogens is 1530 g/mol. The zero-order chi connectivity index (χ0) is 84.6. The van der Waals surface area contributed by atoms with Crippen LogP contribution >= 0.6 is 0 Å². The van der Waals surface area contributed by atoms with Crippen LogP contribution in [-0.2, 0) is 25.7 Å². The molecule has 0 radical (unpaired) electrons. The van der Waals surface area contributed by atoms with Crippen LogP contribution in [0.25, 0.3) is 90.2 Å². The third kappa shape index (κ3) is 17.2. The first-order valence-corrected chi connectivity index (χ1v) is 43.3. The summed E-state index contributed by atoms with van der Waals surface area (Å²) in [5.74, 6) is 1.91. The van der Waals surface area contributed by atoms with Crippen LogP contribution in [0.15, 0.2) is 166 Å². The molecule has 20 heterocycles. The van der Waals surface area contributed by atoms with Crippen molar-refractivity contribution in [2.75, 3.05) is 79.1 Å². The highest BCUT2D eigenvalue weighted by molar-refractivity contribution is 5.70. The second-order valence-electron chi connectivity index (χ2n) is 33.0. The van der Waals surface area contributed by atoms with Gasteiger partial charge in [0, 0.05) is 55.6 Å². The van der Waals surface area contributed by atoms with Crippen LogP contribution in [0.1, 0.15) is 177 Å². The fourth-order valence-corrected chi connectivity index (χ4v) is 18.0. The lowest BCUT2D eigenvalue weighted by atomic mass is 9.90. The van der Waals surface area contributed by atoms with E-state index < -0.39 is 0 Å². The van der Waals surface area contributed by atoms with Crippen molar-refractivity contribution in [2.24, 2.45) is 0 Å². The summed E-state index contributed by atoms with van der Waals surface area (Å²) < 4.78 is 14.0. The number of aryl methyl sites for hydroxylation is 8. The van der Waals surface area contributed by atoms with E-state index in [1.165, 1.54) is 22.3 Å². The second kappa shape index (κ2) is 35.4. The molecule has 16 aromatic rings. The Kier molecular flexibility index (Phi) is 23.8. The Bertz CT molecular complexity index is 6840. The molecule has 122 heavy (non-hydrogen) atoms. The predicted octanol–water partition coefficient (Wildman–Crippen LogP) is 11.7. The molecule has 2 N–H and O–H groups in total. The Labute approximate surface area is 705 Å². The molecule has 0 aromatic carbocycles. The molecule has 628 valence electrons. The number of β-amino-alcohol motifs (C(OH)–C–C–N with tert-alkyl or cyclic N) is 1. The Balaban J connectivity index is 0.000000116. The van der Waals surface area contributed by atoms with Gasteiger partial charge in [-0.1, -0.05) is 58.9 Å². The van der Waals surface area contributed by atoms with Crippen molar-refractivity contribution >= 4 is 44.7 Å². The van der Waals surface area contributed by atoms with Gasteiger partial charge in [0.1, 0.15) is 45.4 Å². The number of pyridine rings is 4. The van der Waals surface area contributed by atoms with Gasteiger partial charge >= 0.3 is 0 Å². The first-order chi connectivity index (χ1) is 59.2. The second-order valence-corrected chi connectivity index (χ2v) is 33.0. The van der Waals surface area contributed by atoms with E-state index in [-0.39, 0.29) is 28.8 Å². The smallest absolute Gasteiger partial charge is 0.258 e. The lowest BCUT2D eigenvalue weighted by Crippen LogP contribution is -2.35. The number of likely N-dealkylation sites (tertiary alicyclic amines) is 3. The molecule has 0 bridgehead atoms. The van der Waals surface area contributed by atoms with Crippen molar-refractivity contribution in [2.45, 2.75) is 163 Å². The van der Waals surface area contributed by atoms with Crippen molar-refractivity contribution < 1.29 is 5.11 Å². The standard InChI is InChI=1S/C24H28N6O2.C24H28N6O.C23H26N6O.C22H24N6O/c1-3-19-22-12-21(27-30(22)14-16(2)25-19)20-13-24(32)29-15-18(4-5-23(29)26-20)17-6-8-28(9-7-17)10-11-31;1-4-19-22-12-21(27-30(22)14-16(3)25-19)20-13-24(31)29-15-18(6-7-23(29)26-20)17-8-10-28(5-2)11-9-17;1-4-18-21-11-20(26-29(21)13-15(2)24-18)19-12-23(30)28-14-17(5-6-22(28)25-19)16-7-9-27(3)10-8-16;1-3-17-20-10-19(26-28(20)12-14(2)24-17)18-11-22(29)27-13-16(4-5-21(27)25-18)15-6-8-23-9-7-15/h4-5,12-15,17,31H,3,6-11H2,1-2H3;6-7,12-15,17H,4-5,8-11H2,1-3H3;5-6,11-14,16H,4,7-10H2,1-3H3;4-5,10-13,15,23H,3,6-9H2,1-2H3. The van der Waals surface area contributed by atoms with Crippen LogP contribution in [-0.4, -0.2) is 195 Å². The molecule has 29 nitrogen and oxygen atoms in total. The molecule has 0 saturated carbocycles. The molecule has 4 aliphatic heterocycles. The lowest BCUT2D eigenvalue weighted by Gasteiger charge is -2.31. The number of hydrogen-bond acceptors (Lipinski definition) is 21. The van der Waals surface area contributed by atoms with Gasteiger partial charge in [-0.3, -0.25) is 56.7 Å². The number of rotatable bonds is 15. The van der Waals surface area contributed by atoms with E-state index in [4.69, 9.17) is 25.0 Å². The average molecular weight is 1640 g/mol. The zero-order valence-electron chi connectivity index (χ0n) is 71.3. The fourth-order valence-electron chi connectivity index (χ4n) is 18.0. The van der Waals surface area contributed by atoms with Gasteiger partial charge in [-0.2, -0.15) is 20.4 Å². The summed E-state index contributed by atoms with van der Waals surface area (Å²) in [6.45, 7) is 28.8. The number of nitrogens with zero attached hydrogens (tertiary/aromatic N) is 23. The average Bonchev–Trinajstić information content (AvgIpc) is 1.58. The van der Waals surface area contributed by atoms with Gasteiger partial charge in [-0.05, 0) is 265 Å². The molecule has 0 unspecified atom stereocenters. The Morgan fingerprint density at radius 3 is 0.877 bits per heavy atom. The molecule has 4 saturated heterocycles. The number of aliphatic hydroxyl groups excluding tert-OH is 1. The van der Waals surface area contributed by atoms with Gasteiger partial charge < -0.3 is 25.1 Å². The van der Waals surface area contributed by atoms with Crippen LogP contribution < -0.4 is 27.6 Å². The van der Waals surface area contributed by atoms with Crippen LogP contribution in [0, 0.1) is 27.7 Å². The highest BCUT2D eigenvalue weighted by atomic mass is 16.3. The first-order valence-electron chi connectivity index (χ1n) is 43.3. The summed E-state index contributed by atoms with van der Waals surface area (Å²) in [6, 6.07) is 30.4. The van der Waals surface area contributed by atoms with Gasteiger partial charge in [0.2, 0.25) is 0 Å². The SMILES string of the molecule is CCc1nc(C)cn2nc(-c3cc(=O)n4cc(C5CCN(C)CC5)ccc4n3)cc12.CCc1nc(C)cn2nc(-c3cc(=O)n4cc(C5CCN(CC)CC5)ccc4n3)cc12.CCc1nc(C)cn2nc(-c3cc(=O)n4cc(C5CCN(CCO)CC5)ccc4n3)cc12.CCc1nc(C)cn2nc(-c3cc(=O)n4cc(C5CCNCC5)ccc4n3)cc12. The van der Waals surface area contributed by atoms with E-state index >= 15 is 0 Å². The lowest BCUT2D eigenvalue weighted by molar-refractivity contribution is 0.164. The van der Waals surface area contributed by atoms with E-state index in [1.54, 1.807) is 41.9 Å². The van der Waals surface area contributed by atoms with Crippen molar-refractivity contribution in [3.63, 3.8) is 0 Å². The fraction of sp³-hybridized carbons (Fsp3) is 0.398. The maximum atomic E-state index is 13.0. The van der Waals surface area contributed by atoms with Crippen molar-refractivity contribution in [3.8, 4) is 45.6 Å². The summed E-state index contributed by atoms with van der Waals surface area (Å²) >= 11 is 0. The van der Waals surface area contributed by atoms with Gasteiger partial charge in [0.05, 0.1) is 122 Å². The van der Waals surface area contributed by atoms with E-state index in [0.29, 0.717) is 91.8 Å². The molecular formula is C93H106N24O5. The summed E-state index contributed by atoms with van der Waals surface area (Å²) in [4.78, 5) is 96.2. The topological polar surface area (TPSA) is 300 Å². The summed E-state index contributed by atoms with van der Waals surface area (Å²) in [5, 5.41) is 31.2. The number of fused-ring (bicyclic) bond motifs is 8. The van der Waals surface area contributed by atoms with Crippen LogP contribution in [0.2, 0.25) is 0 Å². The van der Waals surface area contributed by atoms with Gasteiger partial charge in [-0.25, -0.2) is 38.0 Å². The van der Waals surface area contributed by atoms with E-state index in [9.17, 15) is 19.2 Å². The summed E-state index contributed by atoms with van der Waals surface area (Å²) in [6.07, 6.45) is 27.5. The molecule has 0 amide bonds. The van der Waals surface area contributed by atoms with Crippen molar-refractivity contribution in [3.05, 3.63) is 256 Å². The zero-order valence-corrected chi connectivity index (χ0v) is 71.3. The molecule has 29 heteroatoms. The number of piperidine rings is 4. The minimum absolute atomic E-state index is 0.0741. The van der Waals surface area contributed by atoms with E-state index in [0.717, 1.165) is 210 Å². The number of aromatic nitrogens is 20.